The lowest BCUT2D eigenvalue weighted by molar-refractivity contribution is -0.138. The summed E-state index contributed by atoms with van der Waals surface area (Å²) >= 11 is 0. The quantitative estimate of drug-likeness (QED) is 0.825. The molecule has 0 bridgehead atoms. The minimum absolute atomic E-state index is 0.236. The van der Waals surface area contributed by atoms with Gasteiger partial charge < -0.3 is 15.3 Å². The van der Waals surface area contributed by atoms with Crippen molar-refractivity contribution < 1.29 is 14.7 Å². The van der Waals surface area contributed by atoms with Crippen LogP contribution in [0.25, 0.3) is 0 Å². The SMILES string of the molecule is CN(C)C(=O)[C@@H](O)[C@H](Cc1ccccc1)NC(=O)c1ccccn1. The molecule has 2 N–H and O–H groups in total. The van der Waals surface area contributed by atoms with E-state index in [0.29, 0.717) is 6.42 Å². The Morgan fingerprint density at radius 1 is 1.12 bits per heavy atom. The molecular weight excluding hydrogens is 306 g/mol. The fraction of sp³-hybridized carbons (Fsp3) is 0.278. The zero-order valence-corrected chi connectivity index (χ0v) is 13.7. The first-order valence-electron chi connectivity index (χ1n) is 7.64. The number of carbonyl (C=O) groups excluding carboxylic acids is 2. The molecule has 6 nitrogen and oxygen atoms in total. The smallest absolute Gasteiger partial charge is 0.270 e. The van der Waals surface area contributed by atoms with Crippen LogP contribution in [-0.2, 0) is 11.2 Å². The number of aromatic nitrogens is 1. The van der Waals surface area contributed by atoms with E-state index in [1.807, 2.05) is 30.3 Å². The van der Waals surface area contributed by atoms with Crippen LogP contribution in [-0.4, -0.2) is 53.0 Å². The number of nitrogens with zero attached hydrogens (tertiary/aromatic N) is 2. The van der Waals surface area contributed by atoms with E-state index in [2.05, 4.69) is 10.3 Å². The van der Waals surface area contributed by atoms with E-state index >= 15 is 0 Å². The predicted molar refractivity (Wildman–Crippen MR) is 90.3 cm³/mol. The number of aliphatic hydroxyl groups is 1. The van der Waals surface area contributed by atoms with E-state index in [9.17, 15) is 14.7 Å². The summed E-state index contributed by atoms with van der Waals surface area (Å²) in [5, 5.41) is 13.1. The second kappa shape index (κ2) is 8.21. The van der Waals surface area contributed by atoms with Gasteiger partial charge in [0.1, 0.15) is 5.69 Å². The molecule has 2 rings (SSSR count). The average Bonchev–Trinajstić information content (AvgIpc) is 2.61. The summed E-state index contributed by atoms with van der Waals surface area (Å²) in [6, 6.07) is 13.6. The molecule has 0 aliphatic carbocycles. The summed E-state index contributed by atoms with van der Waals surface area (Å²) < 4.78 is 0. The molecule has 0 aliphatic rings. The van der Waals surface area contributed by atoms with Gasteiger partial charge in [-0.1, -0.05) is 36.4 Å². The molecule has 0 unspecified atom stereocenters. The number of carbonyl (C=O) groups is 2. The molecule has 1 aromatic heterocycles. The highest BCUT2D eigenvalue weighted by atomic mass is 16.3. The summed E-state index contributed by atoms with van der Waals surface area (Å²) in [4.78, 5) is 29.7. The summed E-state index contributed by atoms with van der Waals surface area (Å²) in [7, 11) is 3.12. The maximum Gasteiger partial charge on any atom is 0.270 e. The first-order valence-corrected chi connectivity index (χ1v) is 7.64. The Labute approximate surface area is 141 Å². The maximum atomic E-state index is 12.3. The lowest BCUT2D eigenvalue weighted by atomic mass is 10.00. The van der Waals surface area contributed by atoms with Crippen LogP contribution in [0.3, 0.4) is 0 Å². The van der Waals surface area contributed by atoms with Crippen LogP contribution in [0.15, 0.2) is 54.7 Å². The summed E-state index contributed by atoms with van der Waals surface area (Å²) in [6.07, 6.45) is 0.510. The number of hydrogen-bond donors (Lipinski definition) is 2. The van der Waals surface area contributed by atoms with Crippen molar-refractivity contribution in [1.82, 2.24) is 15.2 Å². The molecule has 1 heterocycles. The van der Waals surface area contributed by atoms with Crippen molar-refractivity contribution in [2.45, 2.75) is 18.6 Å². The third kappa shape index (κ3) is 4.63. The third-order valence-electron chi connectivity index (χ3n) is 3.59. The molecule has 0 saturated carbocycles. The number of likely N-dealkylation sites (N-methyl/N-ethyl adjacent to an activating group) is 1. The Morgan fingerprint density at radius 3 is 2.38 bits per heavy atom. The molecule has 2 atom stereocenters. The molecule has 0 saturated heterocycles. The third-order valence-corrected chi connectivity index (χ3v) is 3.59. The van der Waals surface area contributed by atoms with Crippen LogP contribution in [0, 0.1) is 0 Å². The van der Waals surface area contributed by atoms with Crippen molar-refractivity contribution in [3.8, 4) is 0 Å². The Hall–Kier alpha value is -2.73. The Kier molecular flexibility index (Phi) is 6.03. The van der Waals surface area contributed by atoms with Gasteiger partial charge in [-0.05, 0) is 24.1 Å². The van der Waals surface area contributed by atoms with Gasteiger partial charge in [0.05, 0.1) is 6.04 Å². The van der Waals surface area contributed by atoms with E-state index < -0.39 is 24.0 Å². The maximum absolute atomic E-state index is 12.3. The van der Waals surface area contributed by atoms with Crippen molar-refractivity contribution in [2.24, 2.45) is 0 Å². The number of amides is 2. The molecule has 0 aliphatic heterocycles. The van der Waals surface area contributed by atoms with Crippen LogP contribution >= 0.6 is 0 Å². The minimum atomic E-state index is -1.34. The molecule has 2 aromatic rings. The molecule has 0 fully saturated rings. The van der Waals surface area contributed by atoms with Crippen LogP contribution in [0.1, 0.15) is 16.1 Å². The first kappa shape index (κ1) is 17.6. The van der Waals surface area contributed by atoms with Gasteiger partial charge in [-0.3, -0.25) is 14.6 Å². The van der Waals surface area contributed by atoms with E-state index in [1.54, 1.807) is 32.3 Å². The summed E-state index contributed by atoms with van der Waals surface area (Å²) in [5.41, 5.74) is 1.15. The number of aliphatic hydroxyl groups excluding tert-OH is 1. The number of benzene rings is 1. The zero-order chi connectivity index (χ0) is 17.5. The molecule has 1 aromatic carbocycles. The topological polar surface area (TPSA) is 82.5 Å². The van der Waals surface area contributed by atoms with E-state index in [0.717, 1.165) is 5.56 Å². The molecular formula is C18H21N3O3. The van der Waals surface area contributed by atoms with Gasteiger partial charge in [0.25, 0.3) is 11.8 Å². The second-order valence-electron chi connectivity index (χ2n) is 5.66. The number of nitrogens with one attached hydrogen (secondary N) is 1. The molecule has 0 spiro atoms. The molecule has 126 valence electrons. The molecule has 2 amide bonds. The highest BCUT2D eigenvalue weighted by molar-refractivity contribution is 5.93. The van der Waals surface area contributed by atoms with Crippen LogP contribution in [0.4, 0.5) is 0 Å². The lowest BCUT2D eigenvalue weighted by Crippen LogP contribution is -2.51. The Bertz CT molecular complexity index is 674. The second-order valence-corrected chi connectivity index (χ2v) is 5.66. The van der Waals surface area contributed by atoms with Crippen LogP contribution < -0.4 is 5.32 Å². The normalized spacial score (nSPS) is 13.0. The first-order chi connectivity index (χ1) is 11.5. The predicted octanol–water partition coefficient (Wildman–Crippen LogP) is 0.872. The fourth-order valence-corrected chi connectivity index (χ4v) is 2.29. The Balaban J connectivity index is 2.18. The molecule has 24 heavy (non-hydrogen) atoms. The van der Waals surface area contributed by atoms with Crippen LogP contribution in [0.5, 0.6) is 0 Å². The van der Waals surface area contributed by atoms with Gasteiger partial charge in [-0.25, -0.2) is 0 Å². The highest BCUT2D eigenvalue weighted by Gasteiger charge is 2.29. The largest absolute Gasteiger partial charge is 0.381 e. The standard InChI is InChI=1S/C18H21N3O3/c1-21(2)18(24)16(22)15(12-13-8-4-3-5-9-13)20-17(23)14-10-6-7-11-19-14/h3-11,15-16,22H,12H2,1-2H3,(H,20,23)/t15-,16-/m0/s1. The van der Waals surface area contributed by atoms with Gasteiger partial charge in [0.15, 0.2) is 6.10 Å². The van der Waals surface area contributed by atoms with E-state index in [-0.39, 0.29) is 5.69 Å². The zero-order valence-electron chi connectivity index (χ0n) is 13.7. The van der Waals surface area contributed by atoms with Crippen molar-refractivity contribution in [3.05, 3.63) is 66.0 Å². The van der Waals surface area contributed by atoms with Gasteiger partial charge in [0, 0.05) is 20.3 Å². The van der Waals surface area contributed by atoms with Gasteiger partial charge in [-0.2, -0.15) is 0 Å². The van der Waals surface area contributed by atoms with E-state index in [4.69, 9.17) is 0 Å². The molecule has 6 heteroatoms. The number of hydrogen-bond acceptors (Lipinski definition) is 4. The van der Waals surface area contributed by atoms with Crippen molar-refractivity contribution in [1.29, 1.82) is 0 Å². The van der Waals surface area contributed by atoms with Gasteiger partial charge >= 0.3 is 0 Å². The minimum Gasteiger partial charge on any atom is -0.381 e. The van der Waals surface area contributed by atoms with Crippen LogP contribution in [0.2, 0.25) is 0 Å². The van der Waals surface area contributed by atoms with Gasteiger partial charge in [0.2, 0.25) is 0 Å². The highest BCUT2D eigenvalue weighted by Crippen LogP contribution is 2.09. The number of rotatable bonds is 6. The van der Waals surface area contributed by atoms with Crippen molar-refractivity contribution in [2.75, 3.05) is 14.1 Å². The summed E-state index contributed by atoms with van der Waals surface area (Å²) in [6.45, 7) is 0. The lowest BCUT2D eigenvalue weighted by Gasteiger charge is -2.25. The monoisotopic (exact) mass is 327 g/mol. The average molecular weight is 327 g/mol. The van der Waals surface area contributed by atoms with Crippen molar-refractivity contribution in [3.63, 3.8) is 0 Å². The van der Waals surface area contributed by atoms with E-state index in [1.165, 1.54) is 11.1 Å². The summed E-state index contributed by atoms with van der Waals surface area (Å²) in [5.74, 6) is -0.889. The van der Waals surface area contributed by atoms with Crippen molar-refractivity contribution >= 4 is 11.8 Å². The Morgan fingerprint density at radius 2 is 1.79 bits per heavy atom. The number of pyridine rings is 1. The van der Waals surface area contributed by atoms with Gasteiger partial charge in [-0.15, -0.1) is 0 Å². The fourth-order valence-electron chi connectivity index (χ4n) is 2.29. The molecule has 0 radical (unpaired) electrons.